The van der Waals surface area contributed by atoms with Gasteiger partial charge in [0.05, 0.1) is 0 Å². The van der Waals surface area contributed by atoms with Gasteiger partial charge in [-0.05, 0) is 37.5 Å². The number of ether oxygens (including phenoxy) is 1. The van der Waals surface area contributed by atoms with Gasteiger partial charge in [0.2, 0.25) is 0 Å². The van der Waals surface area contributed by atoms with Gasteiger partial charge in [-0.1, -0.05) is 15.9 Å². The van der Waals surface area contributed by atoms with Gasteiger partial charge in [0.1, 0.15) is 5.75 Å². The second kappa shape index (κ2) is 5.71. The van der Waals surface area contributed by atoms with Crippen molar-refractivity contribution in [3.8, 4) is 5.75 Å². The quantitative estimate of drug-likeness (QED) is 0.843. The maximum Gasteiger partial charge on any atom is 0.255 e. The van der Waals surface area contributed by atoms with Gasteiger partial charge in [0.25, 0.3) is 5.91 Å². The number of benzene rings is 1. The smallest absolute Gasteiger partial charge is 0.255 e. The highest BCUT2D eigenvalue weighted by atomic mass is 79.9. The van der Waals surface area contributed by atoms with Crippen molar-refractivity contribution in [2.45, 2.75) is 32.4 Å². The number of aryl methyl sites for hydroxylation is 1. The summed E-state index contributed by atoms with van der Waals surface area (Å²) in [5, 5.41) is 3.44. The molecule has 98 valence electrons. The molecule has 4 nitrogen and oxygen atoms in total. The van der Waals surface area contributed by atoms with Crippen molar-refractivity contribution in [3.05, 3.63) is 27.7 Å². The first-order chi connectivity index (χ1) is 8.56. The van der Waals surface area contributed by atoms with Gasteiger partial charge in [-0.3, -0.25) is 4.79 Å². The van der Waals surface area contributed by atoms with Crippen molar-refractivity contribution in [1.29, 1.82) is 0 Å². The van der Waals surface area contributed by atoms with Crippen LogP contribution in [0.25, 0.3) is 0 Å². The summed E-state index contributed by atoms with van der Waals surface area (Å²) in [5.41, 5.74) is 7.16. The van der Waals surface area contributed by atoms with Gasteiger partial charge in [-0.25, -0.2) is 0 Å². The molecule has 3 N–H and O–H groups in total. The van der Waals surface area contributed by atoms with Crippen LogP contribution in [0.4, 0.5) is 0 Å². The molecule has 1 aromatic rings. The van der Waals surface area contributed by atoms with Crippen LogP contribution in [0.3, 0.4) is 0 Å². The first-order valence-corrected chi connectivity index (χ1v) is 6.79. The molecule has 1 aromatic carbocycles. The topological polar surface area (TPSA) is 64.3 Å². The number of nitrogens with one attached hydrogen (secondary N) is 1. The minimum absolute atomic E-state index is 0.0844. The number of nitrogens with two attached hydrogens (primary N) is 1. The predicted octanol–water partition coefficient (Wildman–Crippen LogP) is 1.87. The number of halogens is 1. The fourth-order valence-electron chi connectivity index (χ4n) is 1.82. The molecule has 0 spiro atoms. The average molecular weight is 313 g/mol. The van der Waals surface area contributed by atoms with Gasteiger partial charge in [-0.15, -0.1) is 0 Å². The molecule has 1 aliphatic carbocycles. The lowest BCUT2D eigenvalue weighted by atomic mass is 10.1. The molecule has 1 fully saturated rings. The molecule has 0 aromatic heterocycles. The van der Waals surface area contributed by atoms with Crippen LogP contribution in [-0.2, 0) is 11.3 Å². The van der Waals surface area contributed by atoms with E-state index in [1.165, 1.54) is 12.8 Å². The van der Waals surface area contributed by atoms with Crippen LogP contribution >= 0.6 is 15.9 Å². The molecule has 0 heterocycles. The summed E-state index contributed by atoms with van der Waals surface area (Å²) in [7, 11) is 0. The van der Waals surface area contributed by atoms with E-state index in [4.69, 9.17) is 10.5 Å². The minimum Gasteiger partial charge on any atom is -0.483 e. The summed E-state index contributed by atoms with van der Waals surface area (Å²) < 4.78 is 6.51. The molecule has 0 bridgehead atoms. The molecule has 1 saturated carbocycles. The number of carbonyl (C=O) groups excluding carboxylic acids is 1. The predicted molar refractivity (Wildman–Crippen MR) is 73.4 cm³/mol. The average Bonchev–Trinajstić information content (AvgIpc) is 3.08. The zero-order valence-electron chi connectivity index (χ0n) is 10.3. The highest BCUT2D eigenvalue weighted by molar-refractivity contribution is 9.10. The van der Waals surface area contributed by atoms with E-state index in [1.54, 1.807) is 0 Å². The van der Waals surface area contributed by atoms with Gasteiger partial charge in [-0.2, -0.15) is 0 Å². The van der Waals surface area contributed by atoms with Crippen molar-refractivity contribution in [3.63, 3.8) is 0 Å². The maximum absolute atomic E-state index is 10.8. The van der Waals surface area contributed by atoms with Gasteiger partial charge in [0.15, 0.2) is 6.61 Å². The van der Waals surface area contributed by atoms with Crippen LogP contribution in [0.1, 0.15) is 24.0 Å². The lowest BCUT2D eigenvalue weighted by Gasteiger charge is -2.14. The van der Waals surface area contributed by atoms with Crippen molar-refractivity contribution >= 4 is 21.8 Å². The van der Waals surface area contributed by atoms with Crippen LogP contribution in [-0.4, -0.2) is 18.6 Å². The molecule has 18 heavy (non-hydrogen) atoms. The molecule has 1 aliphatic rings. The Morgan fingerprint density at radius 1 is 1.56 bits per heavy atom. The van der Waals surface area contributed by atoms with E-state index in [-0.39, 0.29) is 6.61 Å². The molecule has 5 heteroatoms. The number of rotatable bonds is 6. The molecule has 0 atom stereocenters. The first kappa shape index (κ1) is 13.4. The lowest BCUT2D eigenvalue weighted by molar-refractivity contribution is -0.119. The van der Waals surface area contributed by atoms with Gasteiger partial charge >= 0.3 is 0 Å². The van der Waals surface area contributed by atoms with Gasteiger partial charge < -0.3 is 15.8 Å². The zero-order chi connectivity index (χ0) is 13.1. The van der Waals surface area contributed by atoms with E-state index in [2.05, 4.69) is 21.2 Å². The van der Waals surface area contributed by atoms with Crippen LogP contribution in [0, 0.1) is 6.92 Å². The summed E-state index contributed by atoms with van der Waals surface area (Å²) >= 11 is 3.47. The summed E-state index contributed by atoms with van der Waals surface area (Å²) in [4.78, 5) is 10.8. The Morgan fingerprint density at radius 3 is 2.89 bits per heavy atom. The summed E-state index contributed by atoms with van der Waals surface area (Å²) in [6, 6.07) is 4.61. The minimum atomic E-state index is -0.460. The third-order valence-electron chi connectivity index (χ3n) is 2.83. The largest absolute Gasteiger partial charge is 0.483 e. The second-order valence-corrected chi connectivity index (χ2v) is 5.54. The molecule has 0 aliphatic heterocycles. The number of hydrogen-bond donors (Lipinski definition) is 2. The second-order valence-electron chi connectivity index (χ2n) is 4.62. The molecule has 0 saturated heterocycles. The standard InChI is InChI=1S/C13H17BrN2O2/c1-8-4-10(14)5-9(6-16-11-2-3-11)13(8)18-7-12(15)17/h4-5,11,16H,2-3,6-7H2,1H3,(H2,15,17). The summed E-state index contributed by atoms with van der Waals surface area (Å²) in [5.74, 6) is 0.295. The zero-order valence-corrected chi connectivity index (χ0v) is 11.9. The van der Waals surface area contributed by atoms with Crippen molar-refractivity contribution in [1.82, 2.24) is 5.32 Å². The summed E-state index contributed by atoms with van der Waals surface area (Å²) in [6.45, 7) is 2.62. The Balaban J connectivity index is 2.13. The Kier molecular flexibility index (Phi) is 4.24. The summed E-state index contributed by atoms with van der Waals surface area (Å²) in [6.07, 6.45) is 2.48. The number of amides is 1. The molecular formula is C13H17BrN2O2. The highest BCUT2D eigenvalue weighted by Gasteiger charge is 2.21. The molecule has 2 rings (SSSR count). The van der Waals surface area contributed by atoms with Crippen molar-refractivity contribution in [2.24, 2.45) is 5.73 Å². The Bertz CT molecular complexity index is 459. The Labute approximate surface area is 115 Å². The van der Waals surface area contributed by atoms with E-state index < -0.39 is 5.91 Å². The fraction of sp³-hybridized carbons (Fsp3) is 0.462. The monoisotopic (exact) mass is 312 g/mol. The van der Waals surface area contributed by atoms with E-state index >= 15 is 0 Å². The number of carbonyl (C=O) groups is 1. The Hall–Kier alpha value is -1.07. The van der Waals surface area contributed by atoms with E-state index in [0.29, 0.717) is 6.04 Å². The Morgan fingerprint density at radius 2 is 2.28 bits per heavy atom. The highest BCUT2D eigenvalue weighted by Crippen LogP contribution is 2.29. The fourth-order valence-corrected chi connectivity index (χ4v) is 2.44. The normalized spacial score (nSPS) is 14.6. The molecule has 0 unspecified atom stereocenters. The van der Waals surface area contributed by atoms with E-state index in [9.17, 15) is 4.79 Å². The van der Waals surface area contributed by atoms with E-state index in [1.807, 2.05) is 19.1 Å². The maximum atomic E-state index is 10.8. The third kappa shape index (κ3) is 3.71. The molecule has 0 radical (unpaired) electrons. The number of primary amides is 1. The lowest BCUT2D eigenvalue weighted by Crippen LogP contribution is -2.22. The molecular weight excluding hydrogens is 296 g/mol. The SMILES string of the molecule is Cc1cc(Br)cc(CNC2CC2)c1OCC(N)=O. The molecule has 1 amide bonds. The first-order valence-electron chi connectivity index (χ1n) is 6.00. The van der Waals surface area contributed by atoms with Crippen LogP contribution in [0.2, 0.25) is 0 Å². The van der Waals surface area contributed by atoms with Crippen molar-refractivity contribution < 1.29 is 9.53 Å². The van der Waals surface area contributed by atoms with Crippen molar-refractivity contribution in [2.75, 3.05) is 6.61 Å². The van der Waals surface area contributed by atoms with Crippen LogP contribution < -0.4 is 15.8 Å². The number of hydrogen-bond acceptors (Lipinski definition) is 3. The third-order valence-corrected chi connectivity index (χ3v) is 3.29. The van der Waals surface area contributed by atoms with Crippen LogP contribution in [0.5, 0.6) is 5.75 Å². The van der Waals surface area contributed by atoms with Gasteiger partial charge in [0, 0.05) is 22.6 Å². The van der Waals surface area contributed by atoms with E-state index in [0.717, 1.165) is 27.9 Å². The van der Waals surface area contributed by atoms with Crippen LogP contribution in [0.15, 0.2) is 16.6 Å².